The first kappa shape index (κ1) is 19.7. The minimum atomic E-state index is -0.266. The number of benzene rings is 2. The molecule has 0 aromatic heterocycles. The first-order valence-electron chi connectivity index (χ1n) is 8.79. The number of thioether (sulfide) groups is 1. The third-order valence-electron chi connectivity index (χ3n) is 4.10. The van der Waals surface area contributed by atoms with Crippen LogP contribution in [0.4, 0.5) is 0 Å². The van der Waals surface area contributed by atoms with E-state index < -0.39 is 0 Å². The van der Waals surface area contributed by atoms with Crippen molar-refractivity contribution in [3.8, 4) is 0 Å². The van der Waals surface area contributed by atoms with E-state index in [1.165, 1.54) is 16.7 Å². The van der Waals surface area contributed by atoms with Gasteiger partial charge in [-0.1, -0.05) is 53.7 Å². The molecule has 6 heteroatoms. The normalized spacial score (nSPS) is 14.4. The molecule has 0 unspecified atom stereocenters. The van der Waals surface area contributed by atoms with Crippen LogP contribution in [0.2, 0.25) is 5.02 Å². The van der Waals surface area contributed by atoms with Gasteiger partial charge in [-0.15, -0.1) is 0 Å². The molecule has 1 aliphatic rings. The predicted octanol–water partition coefficient (Wildman–Crippen LogP) is 4.64. The number of halogens is 1. The molecule has 1 heterocycles. The average molecular weight is 402 g/mol. The quantitative estimate of drug-likeness (QED) is 0.477. The number of rotatable bonds is 8. The first-order chi connectivity index (χ1) is 13.1. The van der Waals surface area contributed by atoms with Crippen LogP contribution < -0.4 is 0 Å². The molecule has 0 aliphatic carbocycles. The maximum absolute atomic E-state index is 13.0. The van der Waals surface area contributed by atoms with Gasteiger partial charge in [0, 0.05) is 29.7 Å². The molecule has 0 fully saturated rings. The Morgan fingerprint density at radius 2 is 1.70 bits per heavy atom. The summed E-state index contributed by atoms with van der Waals surface area (Å²) in [7, 11) is 0. The summed E-state index contributed by atoms with van der Waals surface area (Å²) in [6.45, 7) is 3.39. The van der Waals surface area contributed by atoms with Crippen LogP contribution in [0.25, 0.3) is 5.57 Å². The highest BCUT2D eigenvalue weighted by atomic mass is 35.5. The molecule has 0 spiro atoms. The van der Waals surface area contributed by atoms with Crippen molar-refractivity contribution in [2.45, 2.75) is 18.2 Å². The lowest BCUT2D eigenvalue weighted by molar-refractivity contribution is -0.136. The van der Waals surface area contributed by atoms with E-state index in [2.05, 4.69) is 0 Å². The second-order valence-corrected chi connectivity index (χ2v) is 7.46. The Kier molecular flexibility index (Phi) is 6.72. The highest BCUT2D eigenvalue weighted by Crippen LogP contribution is 2.39. The Hall–Kier alpha value is -2.08. The number of hydrogen-bond donors (Lipinski definition) is 0. The maximum Gasteiger partial charge on any atom is 0.268 e. The van der Waals surface area contributed by atoms with Crippen molar-refractivity contribution in [2.75, 3.05) is 19.8 Å². The monoisotopic (exact) mass is 401 g/mol. The predicted molar refractivity (Wildman–Crippen MR) is 109 cm³/mol. The Balaban J connectivity index is 1.92. The summed E-state index contributed by atoms with van der Waals surface area (Å²) in [5.74, 6) is -0.521. The Morgan fingerprint density at radius 1 is 1.00 bits per heavy atom. The van der Waals surface area contributed by atoms with Crippen LogP contribution in [0.3, 0.4) is 0 Å². The summed E-state index contributed by atoms with van der Waals surface area (Å²) < 4.78 is 5.33. The van der Waals surface area contributed by atoms with Crippen LogP contribution in [0.1, 0.15) is 18.9 Å². The van der Waals surface area contributed by atoms with E-state index in [4.69, 9.17) is 16.3 Å². The topological polar surface area (TPSA) is 46.6 Å². The zero-order valence-corrected chi connectivity index (χ0v) is 16.6. The molecule has 27 heavy (non-hydrogen) atoms. The fourth-order valence-corrected chi connectivity index (χ4v) is 3.96. The minimum Gasteiger partial charge on any atom is -0.382 e. The SMILES string of the molecule is CCOCCCN1C(=O)C(Sc2ccccc2)=C(c2ccc(Cl)cc2)C1=O. The molecule has 140 valence electrons. The molecular weight excluding hydrogens is 382 g/mol. The van der Waals surface area contributed by atoms with Crippen molar-refractivity contribution in [2.24, 2.45) is 0 Å². The molecule has 0 N–H and O–H groups in total. The van der Waals surface area contributed by atoms with E-state index in [0.717, 1.165) is 4.90 Å². The molecule has 2 aromatic rings. The van der Waals surface area contributed by atoms with Gasteiger partial charge in [0.25, 0.3) is 11.8 Å². The van der Waals surface area contributed by atoms with Crippen LogP contribution >= 0.6 is 23.4 Å². The van der Waals surface area contributed by atoms with Crippen molar-refractivity contribution in [3.05, 3.63) is 70.1 Å². The highest BCUT2D eigenvalue weighted by molar-refractivity contribution is 8.04. The summed E-state index contributed by atoms with van der Waals surface area (Å²) in [4.78, 5) is 28.7. The van der Waals surface area contributed by atoms with E-state index in [9.17, 15) is 9.59 Å². The zero-order valence-electron chi connectivity index (χ0n) is 15.0. The zero-order chi connectivity index (χ0) is 19.2. The minimum absolute atomic E-state index is 0.254. The summed E-state index contributed by atoms with van der Waals surface area (Å²) >= 11 is 7.30. The van der Waals surface area contributed by atoms with Gasteiger partial charge in [0.15, 0.2) is 0 Å². The molecule has 0 radical (unpaired) electrons. The number of carbonyl (C=O) groups is 2. The maximum atomic E-state index is 13.0. The summed E-state index contributed by atoms with van der Waals surface area (Å²) in [5.41, 5.74) is 1.13. The second kappa shape index (κ2) is 9.22. The molecule has 4 nitrogen and oxygen atoms in total. The molecule has 2 amide bonds. The Labute approximate surface area is 168 Å². The van der Waals surface area contributed by atoms with E-state index in [1.807, 2.05) is 37.3 Å². The van der Waals surface area contributed by atoms with Crippen molar-refractivity contribution in [3.63, 3.8) is 0 Å². The summed E-state index contributed by atoms with van der Waals surface area (Å²) in [5, 5.41) is 0.585. The standard InChI is InChI=1S/C21H20ClNO3S/c1-2-26-14-6-13-23-20(24)18(15-9-11-16(22)12-10-15)19(21(23)25)27-17-7-4-3-5-8-17/h3-5,7-12H,2,6,13-14H2,1H3. The van der Waals surface area contributed by atoms with E-state index in [-0.39, 0.29) is 11.8 Å². The van der Waals surface area contributed by atoms with Crippen molar-refractivity contribution in [1.29, 1.82) is 0 Å². The number of imide groups is 1. The largest absolute Gasteiger partial charge is 0.382 e. The highest BCUT2D eigenvalue weighted by Gasteiger charge is 2.39. The lowest BCUT2D eigenvalue weighted by atomic mass is 10.1. The molecule has 2 aromatic carbocycles. The molecule has 0 saturated heterocycles. The van der Waals surface area contributed by atoms with Gasteiger partial charge in [-0.05, 0) is 43.2 Å². The van der Waals surface area contributed by atoms with Gasteiger partial charge in [-0.3, -0.25) is 14.5 Å². The second-order valence-electron chi connectivity index (χ2n) is 5.94. The van der Waals surface area contributed by atoms with Crippen LogP contribution in [-0.2, 0) is 14.3 Å². The molecule has 3 rings (SSSR count). The summed E-state index contributed by atoms with van der Waals surface area (Å²) in [6, 6.07) is 16.6. The number of amides is 2. The molecule has 1 aliphatic heterocycles. The lowest BCUT2D eigenvalue weighted by Gasteiger charge is -2.15. The van der Waals surface area contributed by atoms with E-state index in [0.29, 0.717) is 47.2 Å². The van der Waals surface area contributed by atoms with Gasteiger partial charge >= 0.3 is 0 Å². The van der Waals surface area contributed by atoms with Gasteiger partial charge in [-0.25, -0.2) is 0 Å². The average Bonchev–Trinajstić information content (AvgIpc) is 2.91. The van der Waals surface area contributed by atoms with Crippen LogP contribution in [0.5, 0.6) is 0 Å². The van der Waals surface area contributed by atoms with Crippen molar-refractivity contribution < 1.29 is 14.3 Å². The fourth-order valence-electron chi connectivity index (χ4n) is 2.80. The first-order valence-corrected chi connectivity index (χ1v) is 9.98. The van der Waals surface area contributed by atoms with Crippen LogP contribution in [-0.4, -0.2) is 36.5 Å². The van der Waals surface area contributed by atoms with E-state index in [1.54, 1.807) is 24.3 Å². The Morgan fingerprint density at radius 3 is 2.37 bits per heavy atom. The lowest BCUT2D eigenvalue weighted by Crippen LogP contribution is -2.33. The molecular formula is C21H20ClNO3S. The molecule has 0 saturated carbocycles. The van der Waals surface area contributed by atoms with Gasteiger partial charge in [0.2, 0.25) is 0 Å². The van der Waals surface area contributed by atoms with Gasteiger partial charge in [-0.2, -0.15) is 0 Å². The molecule has 0 bridgehead atoms. The van der Waals surface area contributed by atoms with Gasteiger partial charge in [0.1, 0.15) is 0 Å². The van der Waals surface area contributed by atoms with E-state index >= 15 is 0 Å². The van der Waals surface area contributed by atoms with Crippen LogP contribution in [0, 0.1) is 0 Å². The van der Waals surface area contributed by atoms with Crippen LogP contribution in [0.15, 0.2) is 64.4 Å². The van der Waals surface area contributed by atoms with Gasteiger partial charge < -0.3 is 4.74 Å². The van der Waals surface area contributed by atoms with Gasteiger partial charge in [0.05, 0.1) is 10.5 Å². The number of ether oxygens (including phenoxy) is 1. The number of nitrogens with zero attached hydrogens (tertiary/aromatic N) is 1. The number of carbonyl (C=O) groups excluding carboxylic acids is 2. The smallest absolute Gasteiger partial charge is 0.268 e. The third-order valence-corrected chi connectivity index (χ3v) is 5.44. The van der Waals surface area contributed by atoms with Crippen molar-refractivity contribution in [1.82, 2.24) is 4.90 Å². The fraction of sp³-hybridized carbons (Fsp3) is 0.238. The molecule has 0 atom stereocenters. The number of hydrogen-bond acceptors (Lipinski definition) is 4. The third kappa shape index (κ3) is 4.61. The Bertz CT molecular complexity index is 849. The van der Waals surface area contributed by atoms with Crippen molar-refractivity contribution >= 4 is 40.8 Å². The summed E-state index contributed by atoms with van der Waals surface area (Å²) in [6.07, 6.45) is 0.614.